The van der Waals surface area contributed by atoms with Crippen molar-refractivity contribution in [2.24, 2.45) is 5.89 Å². The summed E-state index contributed by atoms with van der Waals surface area (Å²) >= 11 is 0. The van der Waals surface area contributed by atoms with Gasteiger partial charge in [-0.1, -0.05) is 66.7 Å². The van der Waals surface area contributed by atoms with Crippen LogP contribution >= 0.6 is 0 Å². The molecule has 1 saturated heterocycles. The highest BCUT2D eigenvalue weighted by Gasteiger charge is 2.60. The molecule has 0 aromatic heterocycles. The number of fused-ring (bicyclic) bond motifs is 3. The Hall–Kier alpha value is -2.35. The van der Waals surface area contributed by atoms with Crippen LogP contribution in [-0.2, 0) is 10.2 Å². The van der Waals surface area contributed by atoms with Crippen molar-refractivity contribution in [3.8, 4) is 0 Å². The summed E-state index contributed by atoms with van der Waals surface area (Å²) < 4.78 is 9.55. The molecule has 25 heavy (non-hydrogen) atoms. The number of rotatable bonds is 1. The predicted molar refractivity (Wildman–Crippen MR) is 102 cm³/mol. The van der Waals surface area contributed by atoms with Crippen LogP contribution in [0, 0.1) is 5.89 Å². The first-order valence-corrected chi connectivity index (χ1v) is 8.89. The molecule has 2 aliphatic rings. The second kappa shape index (κ2) is 5.32. The number of benzene rings is 2. The second-order valence-corrected chi connectivity index (χ2v) is 8.16. The lowest BCUT2D eigenvalue weighted by Crippen LogP contribution is -2.47. The lowest BCUT2D eigenvalue weighted by atomic mass is 9.66. The van der Waals surface area contributed by atoms with Gasteiger partial charge in [0.1, 0.15) is 0 Å². The van der Waals surface area contributed by atoms with Crippen molar-refractivity contribution in [3.63, 3.8) is 0 Å². The van der Waals surface area contributed by atoms with Crippen molar-refractivity contribution >= 4 is 12.0 Å². The Kier molecular flexibility index (Phi) is 3.18. The number of nitrogens with zero attached hydrogens (tertiary/aromatic N) is 1. The van der Waals surface area contributed by atoms with E-state index in [9.17, 15) is 6.17 Å². The summed E-state index contributed by atoms with van der Waals surface area (Å²) in [6, 6.07) is 17.7. The summed E-state index contributed by atoms with van der Waals surface area (Å²) in [6.07, 6.45) is 3.95. The maximum atomic E-state index is 13.8. The first-order chi connectivity index (χ1) is 12.2. The van der Waals surface area contributed by atoms with E-state index in [2.05, 4.69) is 20.8 Å². The second-order valence-electron chi connectivity index (χ2n) is 8.16. The standard InChI is InChI=1S/C23H25NO/c1-22(2,3)24-20(17-11-6-5-7-12-17)19-15-14-16-10-8-9-13-18(16)23(19,4)21(24)25/h5-15,19-20H,1-4H3/t19-,20-,23?/m0/s1/i19D. The van der Waals surface area contributed by atoms with Gasteiger partial charge in [0, 0.05) is 12.8 Å². The van der Waals surface area contributed by atoms with Crippen LogP contribution in [0.25, 0.3) is 6.08 Å². The Morgan fingerprint density at radius 2 is 1.68 bits per heavy atom. The van der Waals surface area contributed by atoms with Gasteiger partial charge in [-0.05, 0) is 44.4 Å². The van der Waals surface area contributed by atoms with Gasteiger partial charge in [-0.15, -0.1) is 0 Å². The van der Waals surface area contributed by atoms with Crippen LogP contribution in [0.3, 0.4) is 0 Å². The summed E-state index contributed by atoms with van der Waals surface area (Å²) in [5, 5.41) is 0. The van der Waals surface area contributed by atoms with Crippen molar-refractivity contribution in [1.82, 2.24) is 4.90 Å². The molecule has 4 rings (SSSR count). The average Bonchev–Trinajstić information content (AvgIpc) is 2.81. The minimum absolute atomic E-state index is 0.0330. The molecule has 2 nitrogen and oxygen atoms in total. The van der Waals surface area contributed by atoms with E-state index < -0.39 is 11.3 Å². The third-order valence-electron chi connectivity index (χ3n) is 5.56. The summed E-state index contributed by atoms with van der Waals surface area (Å²) in [5.41, 5.74) is 1.71. The fourth-order valence-electron chi connectivity index (χ4n) is 4.36. The average molecular weight is 332 g/mol. The molecule has 2 aromatic rings. The SMILES string of the molecule is [2H][C@@]12C=Cc3ccccc3C1(C)C(=O)N(C(C)(C)C)[C@H]2c1ccccc1. The first kappa shape index (κ1) is 14.9. The number of hydrogen-bond donors (Lipinski definition) is 0. The molecule has 1 amide bonds. The zero-order valence-electron chi connectivity index (χ0n) is 16.3. The zero-order valence-corrected chi connectivity index (χ0v) is 15.3. The molecule has 0 saturated carbocycles. The highest BCUT2D eigenvalue weighted by molar-refractivity contribution is 5.94. The van der Waals surface area contributed by atoms with Crippen LogP contribution < -0.4 is 0 Å². The van der Waals surface area contributed by atoms with Crippen molar-refractivity contribution < 1.29 is 6.17 Å². The Balaban J connectivity index is 2.03. The van der Waals surface area contributed by atoms with E-state index in [-0.39, 0.29) is 17.5 Å². The molecule has 2 heteroatoms. The van der Waals surface area contributed by atoms with Gasteiger partial charge in [0.2, 0.25) is 5.91 Å². The predicted octanol–water partition coefficient (Wildman–Crippen LogP) is 4.97. The van der Waals surface area contributed by atoms with Crippen molar-refractivity contribution in [1.29, 1.82) is 0 Å². The number of amides is 1. The molecule has 1 aliphatic carbocycles. The number of carbonyl (C=O) groups is 1. The van der Waals surface area contributed by atoms with Crippen LogP contribution in [0.1, 0.15) is 51.8 Å². The van der Waals surface area contributed by atoms with Gasteiger partial charge in [-0.25, -0.2) is 0 Å². The molecule has 1 fully saturated rings. The summed E-state index contributed by atoms with van der Waals surface area (Å²) in [5.74, 6) is -1.03. The Morgan fingerprint density at radius 1 is 1.04 bits per heavy atom. The molecule has 1 heterocycles. The van der Waals surface area contributed by atoms with Gasteiger partial charge < -0.3 is 4.90 Å². The Bertz CT molecular complexity index is 898. The number of carbonyl (C=O) groups excluding carboxylic acids is 1. The summed E-state index contributed by atoms with van der Waals surface area (Å²) in [4.78, 5) is 15.8. The van der Waals surface area contributed by atoms with E-state index in [0.717, 1.165) is 16.7 Å². The highest BCUT2D eigenvalue weighted by Crippen LogP contribution is 2.56. The van der Waals surface area contributed by atoms with Crippen LogP contribution in [0.15, 0.2) is 60.7 Å². The van der Waals surface area contributed by atoms with Gasteiger partial charge in [-0.2, -0.15) is 0 Å². The molecule has 0 spiro atoms. The number of likely N-dealkylation sites (tertiary alicyclic amines) is 1. The normalized spacial score (nSPS) is 31.5. The maximum absolute atomic E-state index is 13.8. The van der Waals surface area contributed by atoms with E-state index in [1.165, 1.54) is 0 Å². The van der Waals surface area contributed by atoms with Crippen molar-refractivity contribution in [3.05, 3.63) is 77.4 Å². The third-order valence-corrected chi connectivity index (χ3v) is 5.56. The lowest BCUT2D eigenvalue weighted by Gasteiger charge is -2.38. The van der Waals surface area contributed by atoms with Crippen LogP contribution in [-0.4, -0.2) is 16.3 Å². The quantitative estimate of drug-likeness (QED) is 0.722. The van der Waals surface area contributed by atoms with Gasteiger partial charge in [0.25, 0.3) is 0 Å². The molecule has 0 N–H and O–H groups in total. The summed E-state index contributed by atoms with van der Waals surface area (Å²) in [6.45, 7) is 8.12. The fourth-order valence-corrected chi connectivity index (χ4v) is 4.36. The van der Waals surface area contributed by atoms with E-state index >= 15 is 0 Å². The van der Waals surface area contributed by atoms with E-state index in [0.29, 0.717) is 0 Å². The van der Waals surface area contributed by atoms with Crippen molar-refractivity contribution in [2.75, 3.05) is 0 Å². The molecule has 1 unspecified atom stereocenters. The molecular weight excluding hydrogens is 306 g/mol. The lowest BCUT2D eigenvalue weighted by molar-refractivity contribution is -0.137. The minimum atomic E-state index is -1.06. The third kappa shape index (κ3) is 2.20. The molecule has 0 radical (unpaired) electrons. The molecule has 128 valence electrons. The van der Waals surface area contributed by atoms with E-state index in [1.54, 1.807) is 0 Å². The van der Waals surface area contributed by atoms with Gasteiger partial charge in [0.05, 0.1) is 11.5 Å². The number of hydrogen-bond acceptors (Lipinski definition) is 1. The van der Waals surface area contributed by atoms with E-state index in [1.807, 2.05) is 78.6 Å². The van der Waals surface area contributed by atoms with Crippen molar-refractivity contribution in [2.45, 2.75) is 44.7 Å². The van der Waals surface area contributed by atoms with Gasteiger partial charge in [-0.3, -0.25) is 4.79 Å². The zero-order chi connectivity index (χ0) is 18.7. The Labute approximate surface area is 151 Å². The molecule has 0 bridgehead atoms. The van der Waals surface area contributed by atoms with Gasteiger partial charge >= 0.3 is 0 Å². The first-order valence-electron chi connectivity index (χ1n) is 9.39. The monoisotopic (exact) mass is 332 g/mol. The largest absolute Gasteiger partial charge is 0.329 e. The smallest absolute Gasteiger partial charge is 0.234 e. The topological polar surface area (TPSA) is 20.3 Å². The molecule has 1 aliphatic heterocycles. The molecular formula is C23H25NO. The summed E-state index contributed by atoms with van der Waals surface area (Å²) in [7, 11) is 0. The van der Waals surface area contributed by atoms with Crippen LogP contribution in [0.2, 0.25) is 0 Å². The fraction of sp³-hybridized carbons (Fsp3) is 0.348. The highest BCUT2D eigenvalue weighted by atomic mass is 16.2. The van der Waals surface area contributed by atoms with E-state index in [4.69, 9.17) is 0 Å². The van der Waals surface area contributed by atoms with Crippen LogP contribution in [0.4, 0.5) is 0 Å². The van der Waals surface area contributed by atoms with Gasteiger partial charge in [0.15, 0.2) is 0 Å². The molecule has 2 aromatic carbocycles. The molecule has 3 atom stereocenters. The maximum Gasteiger partial charge on any atom is 0.234 e. The minimum Gasteiger partial charge on any atom is -0.329 e. The Morgan fingerprint density at radius 3 is 2.36 bits per heavy atom. The van der Waals surface area contributed by atoms with Crippen LogP contribution in [0.5, 0.6) is 0 Å².